The fourth-order valence-electron chi connectivity index (χ4n) is 6.10. The van der Waals surface area contributed by atoms with Gasteiger partial charge in [-0.25, -0.2) is 0 Å². The van der Waals surface area contributed by atoms with Gasteiger partial charge in [0.1, 0.15) is 0 Å². The third-order valence-electron chi connectivity index (χ3n) is 7.16. The molecule has 0 aliphatic heterocycles. The van der Waals surface area contributed by atoms with Crippen LogP contribution in [0.4, 0.5) is 0 Å². The van der Waals surface area contributed by atoms with Crippen molar-refractivity contribution in [3.8, 4) is 0 Å². The van der Waals surface area contributed by atoms with Gasteiger partial charge in [-0.1, -0.05) is 48.6 Å². The van der Waals surface area contributed by atoms with Crippen molar-refractivity contribution in [1.29, 1.82) is 0 Å². The molecule has 4 aliphatic rings. The number of rotatable bonds is 1. The lowest BCUT2D eigenvalue weighted by Gasteiger charge is -2.48. The highest BCUT2D eigenvalue weighted by molar-refractivity contribution is 14.1. The van der Waals surface area contributed by atoms with E-state index in [1.54, 1.807) is 12.8 Å². The van der Waals surface area contributed by atoms with Gasteiger partial charge in [0.25, 0.3) is 0 Å². The normalized spacial score (nSPS) is 60.7. The smallest absolute Gasteiger partial charge is 0.0290 e. The predicted molar refractivity (Wildman–Crippen MR) is 89.4 cm³/mol. The molecule has 1 heteroatoms. The van der Waals surface area contributed by atoms with Gasteiger partial charge in [-0.15, -0.1) is 0 Å². The lowest BCUT2D eigenvalue weighted by Crippen LogP contribution is -2.45. The van der Waals surface area contributed by atoms with Crippen molar-refractivity contribution in [2.75, 3.05) is 0 Å². The van der Waals surface area contributed by atoms with Gasteiger partial charge in [-0.2, -0.15) is 0 Å². The van der Waals surface area contributed by atoms with Crippen molar-refractivity contribution in [1.82, 2.24) is 0 Å². The van der Waals surface area contributed by atoms with Gasteiger partial charge >= 0.3 is 0 Å². The zero-order valence-corrected chi connectivity index (χ0v) is 14.5. The third kappa shape index (κ3) is 1.69. The standard InChI is InChI=1S/C18H27I/c1-3-12-6-4-11(2)5-7-13-10-14-16(13)15-8-9-18(15,19)17(12)14/h4,6,11-17H,3,5,7-10H2,1-2H3/b6-4-. The van der Waals surface area contributed by atoms with E-state index in [2.05, 4.69) is 48.6 Å². The van der Waals surface area contributed by atoms with Crippen LogP contribution in [0.1, 0.15) is 52.4 Å². The van der Waals surface area contributed by atoms with Gasteiger partial charge in [0.15, 0.2) is 0 Å². The van der Waals surface area contributed by atoms with Crippen molar-refractivity contribution >= 4 is 22.6 Å². The van der Waals surface area contributed by atoms with Crippen LogP contribution in [-0.4, -0.2) is 3.42 Å². The Bertz CT molecular complexity index is 400. The predicted octanol–water partition coefficient (Wildman–Crippen LogP) is 5.46. The Labute approximate surface area is 131 Å². The number of halogens is 1. The summed E-state index contributed by atoms with van der Waals surface area (Å²) in [5.41, 5.74) is 0. The first kappa shape index (κ1) is 13.2. The molecule has 0 saturated heterocycles. The van der Waals surface area contributed by atoms with Crippen molar-refractivity contribution in [3.05, 3.63) is 12.2 Å². The second-order valence-corrected chi connectivity index (χ2v) is 9.85. The zero-order valence-electron chi connectivity index (χ0n) is 12.3. The highest BCUT2D eigenvalue weighted by atomic mass is 127. The van der Waals surface area contributed by atoms with Crippen molar-refractivity contribution in [2.45, 2.75) is 55.8 Å². The van der Waals surface area contributed by atoms with Gasteiger partial charge in [-0.3, -0.25) is 0 Å². The average Bonchev–Trinajstić information content (AvgIpc) is 2.50. The Morgan fingerprint density at radius 1 is 1.21 bits per heavy atom. The van der Waals surface area contributed by atoms with E-state index in [0.29, 0.717) is 3.42 Å². The first-order chi connectivity index (χ1) is 9.15. The van der Waals surface area contributed by atoms with E-state index in [4.69, 9.17) is 0 Å². The maximum absolute atomic E-state index is 2.91. The van der Waals surface area contributed by atoms with Crippen LogP contribution in [0.15, 0.2) is 12.2 Å². The number of alkyl halides is 1. The quantitative estimate of drug-likeness (QED) is 0.326. The zero-order chi connectivity index (χ0) is 13.2. The van der Waals surface area contributed by atoms with Crippen molar-refractivity contribution in [3.63, 3.8) is 0 Å². The molecule has 2 bridgehead atoms. The summed E-state index contributed by atoms with van der Waals surface area (Å²) in [4.78, 5) is 0. The van der Waals surface area contributed by atoms with Gasteiger partial charge in [0.2, 0.25) is 0 Å². The Morgan fingerprint density at radius 3 is 2.74 bits per heavy atom. The Kier molecular flexibility index (Phi) is 3.10. The maximum atomic E-state index is 2.91. The van der Waals surface area contributed by atoms with Gasteiger partial charge < -0.3 is 0 Å². The van der Waals surface area contributed by atoms with E-state index in [9.17, 15) is 0 Å². The summed E-state index contributed by atoms with van der Waals surface area (Å²) >= 11 is 2.91. The molecule has 0 nitrogen and oxygen atoms in total. The van der Waals surface area contributed by atoms with E-state index >= 15 is 0 Å². The van der Waals surface area contributed by atoms with Crippen LogP contribution in [0.3, 0.4) is 0 Å². The molecule has 4 rings (SSSR count). The fourth-order valence-corrected chi connectivity index (χ4v) is 8.06. The van der Waals surface area contributed by atoms with Crippen LogP contribution < -0.4 is 0 Å². The topological polar surface area (TPSA) is 0 Å². The summed E-state index contributed by atoms with van der Waals surface area (Å²) in [6, 6.07) is 0. The molecule has 3 saturated carbocycles. The van der Waals surface area contributed by atoms with E-state index in [1.807, 2.05) is 0 Å². The molecule has 0 heterocycles. The summed E-state index contributed by atoms with van der Waals surface area (Å²) in [6.45, 7) is 4.85. The van der Waals surface area contributed by atoms with E-state index < -0.39 is 0 Å². The first-order valence-electron chi connectivity index (χ1n) is 8.52. The second kappa shape index (κ2) is 4.48. The molecule has 8 unspecified atom stereocenters. The average molecular weight is 370 g/mol. The molecule has 8 atom stereocenters. The van der Waals surface area contributed by atoms with Crippen LogP contribution in [0.5, 0.6) is 0 Å². The molecule has 3 fully saturated rings. The molecular weight excluding hydrogens is 343 g/mol. The molecule has 106 valence electrons. The maximum Gasteiger partial charge on any atom is 0.0290 e. The van der Waals surface area contributed by atoms with E-state index in [-0.39, 0.29) is 0 Å². The minimum atomic E-state index is 0.695. The van der Waals surface area contributed by atoms with Gasteiger partial charge in [0, 0.05) is 3.42 Å². The molecule has 0 radical (unpaired) electrons. The van der Waals surface area contributed by atoms with Gasteiger partial charge in [-0.05, 0) is 80.0 Å². The summed E-state index contributed by atoms with van der Waals surface area (Å²) in [5, 5.41) is 0. The van der Waals surface area contributed by atoms with E-state index in [0.717, 1.165) is 41.4 Å². The summed E-state index contributed by atoms with van der Waals surface area (Å²) < 4.78 is 0.695. The molecule has 0 spiro atoms. The SMILES string of the molecule is CCC1/C=C\C(C)CCC2CC3C2C2CCC2(I)C13. The van der Waals surface area contributed by atoms with Crippen molar-refractivity contribution < 1.29 is 0 Å². The Morgan fingerprint density at radius 2 is 2.05 bits per heavy atom. The lowest BCUT2D eigenvalue weighted by atomic mass is 9.58. The highest BCUT2D eigenvalue weighted by Crippen LogP contribution is 2.73. The van der Waals surface area contributed by atoms with Crippen LogP contribution >= 0.6 is 22.6 Å². The van der Waals surface area contributed by atoms with E-state index in [1.165, 1.54) is 25.7 Å². The summed E-state index contributed by atoms with van der Waals surface area (Å²) in [5.74, 6) is 7.11. The number of fused-ring (bicyclic) bond motifs is 5. The molecule has 0 aromatic heterocycles. The number of hydrogen-bond donors (Lipinski definition) is 0. The van der Waals surface area contributed by atoms with Gasteiger partial charge in [0.05, 0.1) is 0 Å². The molecular formula is C18H27I. The largest absolute Gasteiger partial charge is 0.0854 e. The van der Waals surface area contributed by atoms with Crippen LogP contribution in [0.2, 0.25) is 0 Å². The summed E-state index contributed by atoms with van der Waals surface area (Å²) in [7, 11) is 0. The molecule has 0 N–H and O–H groups in total. The number of allylic oxidation sites excluding steroid dienone is 2. The second-order valence-electron chi connectivity index (χ2n) is 7.85. The molecule has 0 amide bonds. The molecule has 0 aromatic rings. The molecule has 4 aliphatic carbocycles. The minimum Gasteiger partial charge on any atom is -0.0854 e. The van der Waals surface area contributed by atoms with Crippen LogP contribution in [-0.2, 0) is 0 Å². The van der Waals surface area contributed by atoms with Crippen molar-refractivity contribution in [2.24, 2.45) is 41.4 Å². The Hall–Kier alpha value is 0.470. The minimum absolute atomic E-state index is 0.695. The highest BCUT2D eigenvalue weighted by Gasteiger charge is 2.69. The monoisotopic (exact) mass is 370 g/mol. The van der Waals surface area contributed by atoms with Crippen LogP contribution in [0, 0.1) is 41.4 Å². The third-order valence-corrected chi connectivity index (χ3v) is 9.22. The van der Waals surface area contributed by atoms with Crippen LogP contribution in [0.25, 0.3) is 0 Å². The first-order valence-corrected chi connectivity index (χ1v) is 9.60. The fraction of sp³-hybridized carbons (Fsp3) is 0.889. The number of hydrogen-bond acceptors (Lipinski definition) is 0. The lowest BCUT2D eigenvalue weighted by molar-refractivity contribution is 0.0249. The Balaban J connectivity index is 1.72. The summed E-state index contributed by atoms with van der Waals surface area (Å²) in [6.07, 6.45) is 14.1. The molecule has 19 heavy (non-hydrogen) atoms. The molecule has 0 aromatic carbocycles.